The van der Waals surface area contributed by atoms with Gasteiger partial charge in [-0.15, -0.1) is 0 Å². The zero-order chi connectivity index (χ0) is 24.2. The van der Waals surface area contributed by atoms with Crippen LogP contribution in [0.25, 0.3) is 10.9 Å². The topological polar surface area (TPSA) is 115 Å². The van der Waals surface area contributed by atoms with Crippen LogP contribution in [0.15, 0.2) is 91.3 Å². The van der Waals surface area contributed by atoms with Crippen molar-refractivity contribution in [3.05, 3.63) is 107 Å². The number of anilines is 4. The fraction of sp³-hybridized carbons (Fsp3) is 0.0385. The van der Waals surface area contributed by atoms with E-state index in [1.54, 1.807) is 24.3 Å². The van der Waals surface area contributed by atoms with E-state index < -0.39 is 4.92 Å². The molecule has 2 N–H and O–H groups in total. The summed E-state index contributed by atoms with van der Waals surface area (Å²) in [7, 11) is 0. The Bertz CT molecular complexity index is 1510. The summed E-state index contributed by atoms with van der Waals surface area (Å²) < 4.78 is 5.80. The highest BCUT2D eigenvalue weighted by Crippen LogP contribution is 2.35. The summed E-state index contributed by atoms with van der Waals surface area (Å²) in [4.78, 5) is 24.3. The number of hydrogen-bond donors (Lipinski definition) is 2. The van der Waals surface area contributed by atoms with Gasteiger partial charge in [-0.1, -0.05) is 24.3 Å². The third-order valence-electron chi connectivity index (χ3n) is 5.23. The maximum atomic E-state index is 12.0. The van der Waals surface area contributed by atoms with E-state index in [4.69, 9.17) is 4.74 Å². The van der Waals surface area contributed by atoms with Crippen LogP contribution in [0.5, 0.6) is 11.5 Å². The molecule has 2 heterocycles. The molecule has 0 saturated carbocycles. The van der Waals surface area contributed by atoms with Gasteiger partial charge in [0.25, 0.3) is 0 Å². The molecule has 0 bridgehead atoms. The number of hydrogen-bond acceptors (Lipinski definition) is 8. The molecule has 0 amide bonds. The molecule has 35 heavy (non-hydrogen) atoms. The van der Waals surface area contributed by atoms with Crippen LogP contribution >= 0.6 is 0 Å². The van der Waals surface area contributed by atoms with Gasteiger partial charge < -0.3 is 15.4 Å². The first kappa shape index (κ1) is 21.8. The number of benzene rings is 3. The summed E-state index contributed by atoms with van der Waals surface area (Å²) in [5.41, 5.74) is 2.67. The van der Waals surface area contributed by atoms with Gasteiger partial charge in [-0.2, -0.15) is 0 Å². The first-order chi connectivity index (χ1) is 17.1. The Morgan fingerprint density at radius 2 is 1.51 bits per heavy atom. The van der Waals surface area contributed by atoms with E-state index in [9.17, 15) is 10.1 Å². The predicted octanol–water partition coefficient (Wildman–Crippen LogP) is 6.52. The minimum Gasteiger partial charge on any atom is -0.457 e. The molecule has 0 saturated heterocycles. The normalized spacial score (nSPS) is 10.7. The summed E-state index contributed by atoms with van der Waals surface area (Å²) >= 11 is 0. The third-order valence-corrected chi connectivity index (χ3v) is 5.23. The fourth-order valence-electron chi connectivity index (χ4n) is 3.60. The number of fused-ring (bicyclic) bond motifs is 1. The molecular formula is C26H20N6O3. The summed E-state index contributed by atoms with van der Waals surface area (Å²) in [5, 5.41) is 18.9. The van der Waals surface area contributed by atoms with Crippen LogP contribution < -0.4 is 15.4 Å². The Morgan fingerprint density at radius 1 is 0.800 bits per heavy atom. The van der Waals surface area contributed by atoms with E-state index in [-0.39, 0.29) is 17.3 Å². The van der Waals surface area contributed by atoms with Crippen LogP contribution in [0.1, 0.15) is 5.69 Å². The second kappa shape index (κ2) is 9.44. The van der Waals surface area contributed by atoms with Crippen molar-refractivity contribution in [3.8, 4) is 11.5 Å². The quantitative estimate of drug-likeness (QED) is 0.207. The molecule has 0 spiro atoms. The molecular weight excluding hydrogens is 444 g/mol. The zero-order valence-electron chi connectivity index (χ0n) is 18.7. The average Bonchev–Trinajstić information content (AvgIpc) is 2.86. The lowest BCUT2D eigenvalue weighted by Crippen LogP contribution is -2.05. The van der Waals surface area contributed by atoms with E-state index in [2.05, 4.69) is 25.6 Å². The highest BCUT2D eigenvalue weighted by molar-refractivity contribution is 5.94. The van der Waals surface area contributed by atoms with Crippen molar-refractivity contribution in [2.24, 2.45) is 0 Å². The number of para-hydroxylation sites is 1. The number of pyridine rings is 1. The minimum absolute atomic E-state index is 0.0680. The van der Waals surface area contributed by atoms with E-state index in [1.807, 2.05) is 67.6 Å². The SMILES string of the molecule is Cc1ccc2c(Nc3ncnc(Nc4ccc(Oc5ccccc5)cc4)c3[N+](=O)[O-])cccc2n1. The van der Waals surface area contributed by atoms with E-state index in [0.717, 1.165) is 16.6 Å². The van der Waals surface area contributed by atoms with Gasteiger partial charge >= 0.3 is 5.69 Å². The standard InChI is InChI=1S/C26H20N6O3/c1-17-10-15-21-22(29-17)8-5-9-23(21)31-26-24(32(33)34)25(27-16-28-26)30-18-11-13-20(14-12-18)35-19-6-3-2-4-7-19/h2-16H,1H3,(H2,27,28,30,31). The average molecular weight is 464 g/mol. The molecule has 0 aliphatic rings. The van der Waals surface area contributed by atoms with Gasteiger partial charge in [0.15, 0.2) is 0 Å². The van der Waals surface area contributed by atoms with Gasteiger partial charge in [0.1, 0.15) is 17.8 Å². The minimum atomic E-state index is -0.509. The van der Waals surface area contributed by atoms with Gasteiger partial charge in [0.05, 0.1) is 10.4 Å². The second-order valence-electron chi connectivity index (χ2n) is 7.69. The van der Waals surface area contributed by atoms with Crippen molar-refractivity contribution in [2.45, 2.75) is 6.92 Å². The van der Waals surface area contributed by atoms with E-state index in [1.165, 1.54) is 6.33 Å². The van der Waals surface area contributed by atoms with Crippen molar-refractivity contribution < 1.29 is 9.66 Å². The second-order valence-corrected chi connectivity index (χ2v) is 7.69. The van der Waals surface area contributed by atoms with E-state index >= 15 is 0 Å². The Balaban J connectivity index is 1.42. The predicted molar refractivity (Wildman–Crippen MR) is 135 cm³/mol. The largest absolute Gasteiger partial charge is 0.457 e. The van der Waals surface area contributed by atoms with Crippen LogP contribution in [-0.2, 0) is 0 Å². The van der Waals surface area contributed by atoms with Crippen molar-refractivity contribution in [2.75, 3.05) is 10.6 Å². The molecule has 9 nitrogen and oxygen atoms in total. The molecule has 0 atom stereocenters. The number of nitro groups is 1. The lowest BCUT2D eigenvalue weighted by molar-refractivity contribution is -0.383. The highest BCUT2D eigenvalue weighted by Gasteiger charge is 2.24. The molecule has 9 heteroatoms. The first-order valence-electron chi connectivity index (χ1n) is 10.8. The molecule has 0 fully saturated rings. The Morgan fingerprint density at radius 3 is 2.26 bits per heavy atom. The van der Waals surface area contributed by atoms with Gasteiger partial charge in [0, 0.05) is 22.5 Å². The number of nitrogens with one attached hydrogen (secondary N) is 2. The van der Waals surface area contributed by atoms with Crippen LogP contribution in [-0.4, -0.2) is 19.9 Å². The number of rotatable bonds is 7. The molecule has 0 radical (unpaired) electrons. The molecule has 0 aliphatic heterocycles. The molecule has 0 unspecified atom stereocenters. The molecule has 5 aromatic rings. The van der Waals surface area contributed by atoms with E-state index in [0.29, 0.717) is 22.9 Å². The maximum Gasteiger partial charge on any atom is 0.353 e. The zero-order valence-corrected chi connectivity index (χ0v) is 18.7. The summed E-state index contributed by atoms with van der Waals surface area (Å²) in [6.07, 6.45) is 1.28. The van der Waals surface area contributed by atoms with Crippen LogP contribution in [0.4, 0.5) is 28.7 Å². The van der Waals surface area contributed by atoms with Gasteiger partial charge in [-0.25, -0.2) is 9.97 Å². The van der Waals surface area contributed by atoms with Gasteiger partial charge in [-0.3, -0.25) is 15.1 Å². The molecule has 5 rings (SSSR count). The first-order valence-corrected chi connectivity index (χ1v) is 10.8. The highest BCUT2D eigenvalue weighted by atomic mass is 16.6. The molecule has 172 valence electrons. The number of ether oxygens (including phenoxy) is 1. The van der Waals surface area contributed by atoms with Gasteiger partial charge in [0.2, 0.25) is 11.6 Å². The van der Waals surface area contributed by atoms with Gasteiger partial charge in [-0.05, 0) is 67.6 Å². The Kier molecular flexibility index (Phi) is 5.87. The lowest BCUT2D eigenvalue weighted by Gasteiger charge is -2.12. The number of aromatic nitrogens is 3. The molecule has 0 aliphatic carbocycles. The monoisotopic (exact) mass is 464 g/mol. The Hall–Kier alpha value is -5.05. The fourth-order valence-corrected chi connectivity index (χ4v) is 3.60. The number of nitrogens with zero attached hydrogens (tertiary/aromatic N) is 4. The summed E-state index contributed by atoms with van der Waals surface area (Å²) in [5.74, 6) is 1.50. The summed E-state index contributed by atoms with van der Waals surface area (Å²) in [6.45, 7) is 1.91. The smallest absolute Gasteiger partial charge is 0.353 e. The van der Waals surface area contributed by atoms with Crippen LogP contribution in [0, 0.1) is 17.0 Å². The van der Waals surface area contributed by atoms with Crippen LogP contribution in [0.3, 0.4) is 0 Å². The maximum absolute atomic E-state index is 12.0. The van der Waals surface area contributed by atoms with Crippen LogP contribution in [0.2, 0.25) is 0 Å². The van der Waals surface area contributed by atoms with Crippen molar-refractivity contribution >= 4 is 39.6 Å². The summed E-state index contributed by atoms with van der Waals surface area (Å²) in [6, 6.07) is 25.8. The Labute approximate surface area is 200 Å². The third kappa shape index (κ3) is 4.83. The molecule has 2 aromatic heterocycles. The lowest BCUT2D eigenvalue weighted by atomic mass is 10.1. The number of aryl methyl sites for hydroxylation is 1. The van der Waals surface area contributed by atoms with Crippen molar-refractivity contribution in [3.63, 3.8) is 0 Å². The molecule has 3 aromatic carbocycles. The van der Waals surface area contributed by atoms with Crippen molar-refractivity contribution in [1.29, 1.82) is 0 Å². The van der Waals surface area contributed by atoms with Crippen molar-refractivity contribution in [1.82, 2.24) is 15.0 Å².